The van der Waals surface area contributed by atoms with E-state index in [2.05, 4.69) is 15.6 Å². The van der Waals surface area contributed by atoms with E-state index >= 15 is 0 Å². The topological polar surface area (TPSA) is 97.4 Å². The van der Waals surface area contributed by atoms with Crippen molar-refractivity contribution in [3.8, 4) is 5.75 Å². The van der Waals surface area contributed by atoms with Crippen molar-refractivity contribution in [1.29, 1.82) is 0 Å². The standard InChI is InChI=1S/C18H15N3O4S/c1-11-2-7-15(19-9-11)20-16(22)10-25-13-5-3-12(4-6-13)8-14-17(23)21-18(24)26-14/h2-9H,10H2,1H3,(H,19,20,22)(H,21,23,24)/b14-8-. The van der Waals surface area contributed by atoms with Crippen molar-refractivity contribution >= 4 is 40.7 Å². The van der Waals surface area contributed by atoms with E-state index in [9.17, 15) is 14.4 Å². The Morgan fingerprint density at radius 1 is 1.23 bits per heavy atom. The average molecular weight is 369 g/mol. The van der Waals surface area contributed by atoms with Gasteiger partial charge in [0.05, 0.1) is 4.91 Å². The van der Waals surface area contributed by atoms with Gasteiger partial charge in [-0.05, 0) is 54.1 Å². The van der Waals surface area contributed by atoms with Crippen LogP contribution in [0.3, 0.4) is 0 Å². The molecule has 2 heterocycles. The third-order valence-electron chi connectivity index (χ3n) is 3.37. The van der Waals surface area contributed by atoms with Crippen LogP contribution in [0.5, 0.6) is 5.75 Å². The van der Waals surface area contributed by atoms with Crippen LogP contribution in [0.15, 0.2) is 47.5 Å². The summed E-state index contributed by atoms with van der Waals surface area (Å²) < 4.78 is 5.43. The van der Waals surface area contributed by atoms with Gasteiger partial charge in [0.2, 0.25) is 0 Å². The molecule has 1 saturated heterocycles. The van der Waals surface area contributed by atoms with Gasteiger partial charge in [-0.25, -0.2) is 4.98 Å². The molecule has 0 saturated carbocycles. The summed E-state index contributed by atoms with van der Waals surface area (Å²) in [6, 6.07) is 10.4. The first-order chi connectivity index (χ1) is 12.5. The summed E-state index contributed by atoms with van der Waals surface area (Å²) in [6.07, 6.45) is 3.28. The van der Waals surface area contributed by atoms with Gasteiger partial charge in [-0.3, -0.25) is 19.7 Å². The van der Waals surface area contributed by atoms with Gasteiger partial charge in [0.1, 0.15) is 11.6 Å². The Kier molecular flexibility index (Phi) is 5.33. The maximum atomic E-state index is 11.9. The third kappa shape index (κ3) is 4.70. The van der Waals surface area contributed by atoms with E-state index in [0.29, 0.717) is 16.5 Å². The first-order valence-corrected chi connectivity index (χ1v) is 8.51. The van der Waals surface area contributed by atoms with E-state index < -0.39 is 5.91 Å². The average Bonchev–Trinajstić information content (AvgIpc) is 2.93. The van der Waals surface area contributed by atoms with Gasteiger partial charge in [-0.15, -0.1) is 0 Å². The number of thioether (sulfide) groups is 1. The lowest BCUT2D eigenvalue weighted by Gasteiger charge is -2.07. The van der Waals surface area contributed by atoms with E-state index in [1.807, 2.05) is 13.0 Å². The monoisotopic (exact) mass is 369 g/mol. The lowest BCUT2D eigenvalue weighted by molar-refractivity contribution is -0.118. The van der Waals surface area contributed by atoms with Crippen LogP contribution in [0.2, 0.25) is 0 Å². The summed E-state index contributed by atoms with van der Waals surface area (Å²) in [4.78, 5) is 38.9. The Morgan fingerprint density at radius 3 is 2.62 bits per heavy atom. The molecule has 0 radical (unpaired) electrons. The number of hydrogen-bond acceptors (Lipinski definition) is 6. The summed E-state index contributed by atoms with van der Waals surface area (Å²) in [6.45, 7) is 1.76. The number of carbonyl (C=O) groups is 3. The van der Waals surface area contributed by atoms with Gasteiger partial charge in [0.15, 0.2) is 6.61 Å². The second-order valence-electron chi connectivity index (χ2n) is 5.48. The molecule has 1 aromatic carbocycles. The van der Waals surface area contributed by atoms with E-state index in [-0.39, 0.29) is 17.8 Å². The van der Waals surface area contributed by atoms with Gasteiger partial charge in [-0.1, -0.05) is 18.2 Å². The molecule has 0 bridgehead atoms. The molecule has 0 unspecified atom stereocenters. The zero-order chi connectivity index (χ0) is 18.5. The number of hydrogen-bond donors (Lipinski definition) is 2. The number of aromatic nitrogens is 1. The minimum atomic E-state index is -0.401. The molecule has 26 heavy (non-hydrogen) atoms. The number of amides is 3. The van der Waals surface area contributed by atoms with Crippen LogP contribution in [0.25, 0.3) is 6.08 Å². The highest BCUT2D eigenvalue weighted by atomic mass is 32.2. The molecule has 3 amide bonds. The molecule has 0 aliphatic carbocycles. The molecule has 7 nitrogen and oxygen atoms in total. The first kappa shape index (κ1) is 17.7. The highest BCUT2D eigenvalue weighted by molar-refractivity contribution is 8.18. The van der Waals surface area contributed by atoms with Crippen molar-refractivity contribution in [2.45, 2.75) is 6.92 Å². The number of aryl methyl sites for hydroxylation is 1. The van der Waals surface area contributed by atoms with Gasteiger partial charge in [-0.2, -0.15) is 0 Å². The van der Waals surface area contributed by atoms with Crippen LogP contribution in [0, 0.1) is 6.92 Å². The molecule has 1 fully saturated rings. The number of imide groups is 1. The molecule has 2 N–H and O–H groups in total. The molecule has 2 aromatic rings. The lowest BCUT2D eigenvalue weighted by atomic mass is 10.2. The molecule has 8 heteroatoms. The summed E-state index contributed by atoms with van der Waals surface area (Å²) >= 11 is 0.860. The molecular weight excluding hydrogens is 354 g/mol. The molecule has 132 valence electrons. The maximum absolute atomic E-state index is 11.9. The highest BCUT2D eigenvalue weighted by Gasteiger charge is 2.24. The zero-order valence-electron chi connectivity index (χ0n) is 13.8. The smallest absolute Gasteiger partial charge is 0.290 e. The summed E-state index contributed by atoms with van der Waals surface area (Å²) in [5.74, 6) is 0.263. The van der Waals surface area contributed by atoms with Crippen molar-refractivity contribution in [3.05, 3.63) is 58.6 Å². The lowest BCUT2D eigenvalue weighted by Crippen LogP contribution is -2.20. The number of rotatable bonds is 5. The minimum Gasteiger partial charge on any atom is -0.484 e. The Balaban J connectivity index is 1.53. The Labute approximate surface area is 153 Å². The fourth-order valence-corrected chi connectivity index (χ4v) is 2.78. The number of anilines is 1. The number of benzene rings is 1. The van der Waals surface area contributed by atoms with Crippen molar-refractivity contribution in [1.82, 2.24) is 10.3 Å². The molecule has 1 aromatic heterocycles. The van der Waals surface area contributed by atoms with E-state index in [4.69, 9.17) is 4.74 Å². The Hall–Kier alpha value is -3.13. The predicted molar refractivity (Wildman–Crippen MR) is 98.6 cm³/mol. The van der Waals surface area contributed by atoms with Crippen molar-refractivity contribution in [3.63, 3.8) is 0 Å². The molecule has 1 aliphatic rings. The van der Waals surface area contributed by atoms with Crippen LogP contribution in [0.4, 0.5) is 10.6 Å². The number of pyridine rings is 1. The van der Waals surface area contributed by atoms with Crippen LogP contribution in [-0.4, -0.2) is 28.6 Å². The minimum absolute atomic E-state index is 0.150. The normalized spacial score (nSPS) is 15.0. The zero-order valence-corrected chi connectivity index (χ0v) is 14.6. The molecule has 1 aliphatic heterocycles. The third-order valence-corrected chi connectivity index (χ3v) is 4.18. The number of nitrogens with zero attached hydrogens (tertiary/aromatic N) is 1. The highest BCUT2D eigenvalue weighted by Crippen LogP contribution is 2.26. The molecule has 3 rings (SSSR count). The Bertz CT molecular complexity index is 876. The summed E-state index contributed by atoms with van der Waals surface area (Å²) in [5.41, 5.74) is 1.75. The van der Waals surface area contributed by atoms with E-state index in [0.717, 1.165) is 22.9 Å². The molecular formula is C18H15N3O4S. The van der Waals surface area contributed by atoms with Gasteiger partial charge < -0.3 is 10.1 Å². The van der Waals surface area contributed by atoms with Gasteiger partial charge in [0, 0.05) is 6.20 Å². The second-order valence-corrected chi connectivity index (χ2v) is 6.49. The fraction of sp³-hybridized carbons (Fsp3) is 0.111. The van der Waals surface area contributed by atoms with Crippen molar-refractivity contribution in [2.75, 3.05) is 11.9 Å². The largest absolute Gasteiger partial charge is 0.484 e. The van der Waals surface area contributed by atoms with Crippen LogP contribution < -0.4 is 15.4 Å². The first-order valence-electron chi connectivity index (χ1n) is 7.70. The summed E-state index contributed by atoms with van der Waals surface area (Å²) in [5, 5.41) is 4.46. The van der Waals surface area contributed by atoms with Crippen LogP contribution >= 0.6 is 11.8 Å². The van der Waals surface area contributed by atoms with Crippen LogP contribution in [0.1, 0.15) is 11.1 Å². The number of carbonyl (C=O) groups excluding carboxylic acids is 3. The fourth-order valence-electron chi connectivity index (χ4n) is 2.10. The van der Waals surface area contributed by atoms with Crippen molar-refractivity contribution in [2.24, 2.45) is 0 Å². The van der Waals surface area contributed by atoms with Gasteiger partial charge >= 0.3 is 0 Å². The number of ether oxygens (including phenoxy) is 1. The van der Waals surface area contributed by atoms with Crippen LogP contribution in [-0.2, 0) is 9.59 Å². The molecule has 0 atom stereocenters. The van der Waals surface area contributed by atoms with E-state index in [1.54, 1.807) is 42.6 Å². The van der Waals surface area contributed by atoms with E-state index in [1.165, 1.54) is 0 Å². The second kappa shape index (κ2) is 7.83. The SMILES string of the molecule is Cc1ccc(NC(=O)COc2ccc(/C=C3\SC(=O)NC3=O)cc2)nc1. The summed E-state index contributed by atoms with van der Waals surface area (Å²) in [7, 11) is 0. The van der Waals surface area contributed by atoms with Gasteiger partial charge in [0.25, 0.3) is 17.1 Å². The Morgan fingerprint density at radius 2 is 2.00 bits per heavy atom. The molecule has 0 spiro atoms. The number of nitrogens with one attached hydrogen (secondary N) is 2. The van der Waals surface area contributed by atoms with Crippen molar-refractivity contribution < 1.29 is 19.1 Å². The maximum Gasteiger partial charge on any atom is 0.290 e. The predicted octanol–water partition coefficient (Wildman–Crippen LogP) is 2.73. The quantitative estimate of drug-likeness (QED) is 0.787.